The molecule has 2 atom stereocenters. The van der Waals surface area contributed by atoms with Crippen LogP contribution in [0.4, 0.5) is 11.4 Å². The highest BCUT2D eigenvalue weighted by molar-refractivity contribution is 5.57. The number of ether oxygens (including phenoxy) is 1. The van der Waals surface area contributed by atoms with Crippen LogP contribution in [0, 0.1) is 0 Å². The molecule has 2 aromatic rings. The first kappa shape index (κ1) is 20.5. The van der Waals surface area contributed by atoms with Gasteiger partial charge in [-0.3, -0.25) is 0 Å². The second-order valence-corrected chi connectivity index (χ2v) is 7.49. The molecule has 1 aliphatic heterocycles. The number of benzene rings is 2. The average molecular weight is 384 g/mol. The van der Waals surface area contributed by atoms with Crippen LogP contribution < -0.4 is 19.9 Å². The zero-order valence-corrected chi connectivity index (χ0v) is 17.3. The molecule has 0 aromatic heterocycles. The minimum atomic E-state index is -0.698. The summed E-state index contributed by atoms with van der Waals surface area (Å²) in [5.41, 5.74) is 3.08. The molecule has 152 valence electrons. The van der Waals surface area contributed by atoms with Crippen molar-refractivity contribution < 1.29 is 9.84 Å². The zero-order chi connectivity index (χ0) is 19.9. The first-order valence-electron chi connectivity index (χ1n) is 10.3. The van der Waals surface area contributed by atoms with Gasteiger partial charge in [-0.25, -0.2) is 0 Å². The molecule has 1 unspecified atom stereocenters. The Morgan fingerprint density at radius 1 is 1.18 bits per heavy atom. The third-order valence-corrected chi connectivity index (χ3v) is 5.53. The van der Waals surface area contributed by atoms with Crippen LogP contribution in [0.3, 0.4) is 0 Å². The zero-order valence-electron chi connectivity index (χ0n) is 17.3. The maximum Gasteiger partial charge on any atom is 0.153 e. The Labute approximate surface area is 168 Å². The van der Waals surface area contributed by atoms with E-state index in [1.165, 1.54) is 12.1 Å². The minimum Gasteiger partial charge on any atom is -0.494 e. The van der Waals surface area contributed by atoms with Crippen molar-refractivity contribution in [2.75, 3.05) is 43.6 Å². The fraction of sp³-hybridized carbons (Fsp3) is 0.478. The maximum absolute atomic E-state index is 10.8. The van der Waals surface area contributed by atoms with E-state index in [4.69, 9.17) is 4.74 Å². The van der Waals surface area contributed by atoms with Crippen LogP contribution in [0.15, 0.2) is 48.5 Å². The fourth-order valence-corrected chi connectivity index (χ4v) is 3.56. The highest BCUT2D eigenvalue weighted by Crippen LogP contribution is 2.28. The van der Waals surface area contributed by atoms with Gasteiger partial charge in [-0.1, -0.05) is 25.5 Å². The van der Waals surface area contributed by atoms with E-state index in [0.29, 0.717) is 6.04 Å². The van der Waals surface area contributed by atoms with Gasteiger partial charge in [0.1, 0.15) is 5.75 Å². The Morgan fingerprint density at radius 3 is 2.50 bits per heavy atom. The third kappa shape index (κ3) is 4.97. The molecule has 5 heteroatoms. The molecule has 0 spiro atoms. The lowest BCUT2D eigenvalue weighted by molar-refractivity contribution is 0.178. The van der Waals surface area contributed by atoms with Crippen LogP contribution in [-0.4, -0.2) is 44.9 Å². The van der Waals surface area contributed by atoms with Crippen molar-refractivity contribution >= 4 is 11.4 Å². The van der Waals surface area contributed by atoms with Crippen LogP contribution in [0.1, 0.15) is 38.0 Å². The SMILES string of the molecule is CCCCOc1ccc(C(O)N(C)c2ccc(N3CC[C@H](NC)C3)cc2)cc1. The molecule has 0 radical (unpaired) electrons. The van der Waals surface area contributed by atoms with Crippen molar-refractivity contribution in [3.8, 4) is 5.75 Å². The number of unbranched alkanes of at least 4 members (excludes halogenated alkanes) is 1. The van der Waals surface area contributed by atoms with Crippen LogP contribution >= 0.6 is 0 Å². The van der Waals surface area contributed by atoms with Gasteiger partial charge in [0, 0.05) is 43.1 Å². The minimum absolute atomic E-state index is 0.568. The fourth-order valence-electron chi connectivity index (χ4n) is 3.56. The van der Waals surface area contributed by atoms with Crippen LogP contribution in [0.5, 0.6) is 5.75 Å². The van der Waals surface area contributed by atoms with Crippen LogP contribution in [0.2, 0.25) is 0 Å². The van der Waals surface area contributed by atoms with E-state index in [-0.39, 0.29) is 0 Å². The van der Waals surface area contributed by atoms with Crippen molar-refractivity contribution in [3.63, 3.8) is 0 Å². The summed E-state index contributed by atoms with van der Waals surface area (Å²) < 4.78 is 5.70. The van der Waals surface area contributed by atoms with Gasteiger partial charge >= 0.3 is 0 Å². The van der Waals surface area contributed by atoms with Crippen molar-refractivity contribution in [2.24, 2.45) is 0 Å². The molecule has 1 aliphatic rings. The van der Waals surface area contributed by atoms with E-state index in [1.807, 2.05) is 43.3 Å². The van der Waals surface area contributed by atoms with Gasteiger partial charge in [0.15, 0.2) is 6.23 Å². The Kier molecular flexibility index (Phi) is 7.18. The van der Waals surface area contributed by atoms with Gasteiger partial charge in [-0.05, 0) is 56.3 Å². The molecule has 0 amide bonds. The number of likely N-dealkylation sites (N-methyl/N-ethyl adjacent to an activating group) is 1. The summed E-state index contributed by atoms with van der Waals surface area (Å²) in [6.07, 6.45) is 2.65. The van der Waals surface area contributed by atoms with E-state index >= 15 is 0 Å². The van der Waals surface area contributed by atoms with Crippen molar-refractivity contribution in [1.82, 2.24) is 5.32 Å². The summed E-state index contributed by atoms with van der Waals surface area (Å²) in [6.45, 7) is 5.00. The van der Waals surface area contributed by atoms with E-state index in [2.05, 4.69) is 41.4 Å². The molecular formula is C23H33N3O2. The monoisotopic (exact) mass is 383 g/mol. The number of hydrogen-bond donors (Lipinski definition) is 2. The number of aliphatic hydroxyl groups excluding tert-OH is 1. The lowest BCUT2D eigenvalue weighted by Crippen LogP contribution is -2.29. The van der Waals surface area contributed by atoms with Gasteiger partial charge in [-0.2, -0.15) is 0 Å². The summed E-state index contributed by atoms with van der Waals surface area (Å²) in [6, 6.07) is 16.7. The summed E-state index contributed by atoms with van der Waals surface area (Å²) in [7, 11) is 3.94. The topological polar surface area (TPSA) is 48.0 Å². The second-order valence-electron chi connectivity index (χ2n) is 7.49. The lowest BCUT2D eigenvalue weighted by atomic mass is 10.1. The Morgan fingerprint density at radius 2 is 1.89 bits per heavy atom. The number of anilines is 2. The maximum atomic E-state index is 10.8. The smallest absolute Gasteiger partial charge is 0.153 e. The molecule has 5 nitrogen and oxygen atoms in total. The highest BCUT2D eigenvalue weighted by atomic mass is 16.5. The Bertz CT molecular complexity index is 718. The standard InChI is InChI=1S/C23H33N3O2/c1-4-5-16-28-22-12-6-18(7-13-22)23(27)25(3)20-8-10-21(11-9-20)26-15-14-19(17-26)24-2/h6-13,19,23-24,27H,4-5,14-17H2,1-3H3/t19-,23?/m0/s1. The molecule has 0 saturated carbocycles. The predicted molar refractivity (Wildman–Crippen MR) is 116 cm³/mol. The number of aliphatic hydroxyl groups is 1. The summed E-state index contributed by atoms with van der Waals surface area (Å²) in [5.74, 6) is 0.849. The number of hydrogen-bond acceptors (Lipinski definition) is 5. The van der Waals surface area contributed by atoms with E-state index in [1.54, 1.807) is 0 Å². The number of nitrogens with zero attached hydrogens (tertiary/aromatic N) is 2. The molecular weight excluding hydrogens is 350 g/mol. The Hall–Kier alpha value is -2.24. The quantitative estimate of drug-likeness (QED) is 0.510. The van der Waals surface area contributed by atoms with Gasteiger partial charge in [-0.15, -0.1) is 0 Å². The molecule has 1 saturated heterocycles. The molecule has 28 heavy (non-hydrogen) atoms. The van der Waals surface area contributed by atoms with Gasteiger partial charge < -0.3 is 25.0 Å². The molecule has 2 N–H and O–H groups in total. The molecule has 1 fully saturated rings. The molecule has 1 heterocycles. The lowest BCUT2D eigenvalue weighted by Gasteiger charge is -2.27. The summed E-state index contributed by atoms with van der Waals surface area (Å²) in [5, 5.41) is 14.1. The van der Waals surface area contributed by atoms with E-state index < -0.39 is 6.23 Å². The summed E-state index contributed by atoms with van der Waals surface area (Å²) >= 11 is 0. The normalized spacial score (nSPS) is 17.6. The van der Waals surface area contributed by atoms with Gasteiger partial charge in [0.05, 0.1) is 6.61 Å². The molecule has 0 aliphatic carbocycles. The predicted octanol–water partition coefficient (Wildman–Crippen LogP) is 3.79. The van der Waals surface area contributed by atoms with Crippen LogP contribution in [0.25, 0.3) is 0 Å². The average Bonchev–Trinajstić information content (AvgIpc) is 3.23. The number of nitrogens with one attached hydrogen (secondary N) is 1. The summed E-state index contributed by atoms with van der Waals surface area (Å²) in [4.78, 5) is 4.29. The van der Waals surface area contributed by atoms with Gasteiger partial charge in [0.2, 0.25) is 0 Å². The molecule has 0 bridgehead atoms. The van der Waals surface area contributed by atoms with Crippen molar-refractivity contribution in [3.05, 3.63) is 54.1 Å². The number of rotatable bonds is 9. The second kappa shape index (κ2) is 9.80. The molecule has 3 rings (SSSR count). The Balaban J connectivity index is 1.60. The van der Waals surface area contributed by atoms with E-state index in [9.17, 15) is 5.11 Å². The van der Waals surface area contributed by atoms with Crippen LogP contribution in [-0.2, 0) is 0 Å². The third-order valence-electron chi connectivity index (χ3n) is 5.53. The first-order chi connectivity index (χ1) is 13.6. The van der Waals surface area contributed by atoms with Crippen molar-refractivity contribution in [2.45, 2.75) is 38.5 Å². The van der Waals surface area contributed by atoms with E-state index in [0.717, 1.165) is 49.5 Å². The first-order valence-corrected chi connectivity index (χ1v) is 10.3. The van der Waals surface area contributed by atoms with Gasteiger partial charge in [0.25, 0.3) is 0 Å². The van der Waals surface area contributed by atoms with Crippen molar-refractivity contribution in [1.29, 1.82) is 0 Å². The highest BCUT2D eigenvalue weighted by Gasteiger charge is 2.21. The molecule has 2 aromatic carbocycles. The largest absolute Gasteiger partial charge is 0.494 e.